The number of nitrogens with one attached hydrogen (secondary N) is 1. The zero-order chi connectivity index (χ0) is 15.5. The van der Waals surface area contributed by atoms with Gasteiger partial charge in [-0.25, -0.2) is 4.79 Å². The van der Waals surface area contributed by atoms with Gasteiger partial charge in [0.15, 0.2) is 0 Å². The van der Waals surface area contributed by atoms with Crippen molar-refractivity contribution in [2.45, 2.75) is 0 Å². The molecule has 0 aliphatic rings. The summed E-state index contributed by atoms with van der Waals surface area (Å²) in [4.78, 5) is 12.8. The van der Waals surface area contributed by atoms with Crippen molar-refractivity contribution < 1.29 is 9.53 Å². The zero-order valence-corrected chi connectivity index (χ0v) is 13.5. The Bertz CT molecular complexity index is 840. The molecule has 3 rings (SSSR count). The summed E-state index contributed by atoms with van der Waals surface area (Å²) < 4.78 is 5.79. The minimum absolute atomic E-state index is 0.310. The van der Waals surface area contributed by atoms with Gasteiger partial charge in [-0.3, -0.25) is 0 Å². The molecule has 3 aromatic rings. The first-order valence-corrected chi connectivity index (χ1v) is 7.88. The Morgan fingerprint density at radius 1 is 1.14 bits per heavy atom. The molecule has 0 saturated heterocycles. The van der Waals surface area contributed by atoms with E-state index in [4.69, 9.17) is 17.0 Å². The Morgan fingerprint density at radius 2 is 1.91 bits per heavy atom. The molecular formula is C17H13NO2S2. The quantitative estimate of drug-likeness (QED) is 0.569. The van der Waals surface area contributed by atoms with E-state index in [0.29, 0.717) is 9.87 Å². The summed E-state index contributed by atoms with van der Waals surface area (Å²) in [7, 11) is 1.39. The summed E-state index contributed by atoms with van der Waals surface area (Å²) in [6.45, 7) is 0. The highest BCUT2D eigenvalue weighted by atomic mass is 32.1. The van der Waals surface area contributed by atoms with Crippen molar-refractivity contribution in [1.29, 1.82) is 0 Å². The van der Waals surface area contributed by atoms with Crippen LogP contribution in [0.5, 0.6) is 0 Å². The number of thiophene rings is 1. The third-order valence-electron chi connectivity index (χ3n) is 3.20. The van der Waals surface area contributed by atoms with Crippen molar-refractivity contribution in [3.63, 3.8) is 0 Å². The molecule has 0 saturated carbocycles. The van der Waals surface area contributed by atoms with Gasteiger partial charge in [-0.15, -0.1) is 11.3 Å². The van der Waals surface area contributed by atoms with Gasteiger partial charge >= 0.3 is 5.97 Å². The molecule has 3 nitrogen and oxygen atoms in total. The first-order chi connectivity index (χ1) is 10.7. The van der Waals surface area contributed by atoms with Crippen LogP contribution in [0, 0.1) is 0 Å². The number of methoxy groups -OCH3 is 1. The maximum absolute atomic E-state index is 11.6. The summed E-state index contributed by atoms with van der Waals surface area (Å²) in [6.07, 6.45) is 0. The van der Waals surface area contributed by atoms with E-state index in [1.54, 1.807) is 0 Å². The number of hydrogen-bond acceptors (Lipinski definition) is 4. The number of hydrogen-bond donors (Lipinski definition) is 1. The van der Waals surface area contributed by atoms with Crippen LogP contribution < -0.4 is 5.32 Å². The van der Waals surface area contributed by atoms with Gasteiger partial charge in [0.25, 0.3) is 0 Å². The maximum Gasteiger partial charge on any atom is 0.348 e. The molecule has 5 heteroatoms. The van der Waals surface area contributed by atoms with Gasteiger partial charge in [-0.05, 0) is 29.7 Å². The molecule has 0 radical (unpaired) electrons. The maximum atomic E-state index is 11.6. The number of thiocarbonyl (C=S) groups is 1. The largest absolute Gasteiger partial charge is 0.465 e. The highest BCUT2D eigenvalue weighted by Gasteiger charge is 2.11. The number of benzene rings is 2. The van der Waals surface area contributed by atoms with E-state index in [2.05, 4.69) is 5.32 Å². The third-order valence-corrected chi connectivity index (χ3v) is 4.63. The molecule has 1 N–H and O–H groups in total. The zero-order valence-electron chi connectivity index (χ0n) is 11.8. The second-order valence-corrected chi connectivity index (χ2v) is 6.17. The first kappa shape index (κ1) is 14.7. The molecule has 0 bridgehead atoms. The molecule has 0 unspecified atom stereocenters. The third kappa shape index (κ3) is 3.00. The van der Waals surface area contributed by atoms with Crippen LogP contribution in [0.1, 0.15) is 15.2 Å². The van der Waals surface area contributed by atoms with Crippen molar-refractivity contribution in [3.8, 4) is 0 Å². The van der Waals surface area contributed by atoms with E-state index in [9.17, 15) is 4.79 Å². The Morgan fingerprint density at radius 3 is 2.64 bits per heavy atom. The SMILES string of the molecule is COC(=O)c1cc2cc(NC(=S)c3ccccc3)ccc2s1. The predicted octanol–water partition coefficient (Wildman–Crippen LogP) is 4.48. The molecular weight excluding hydrogens is 314 g/mol. The number of fused-ring (bicyclic) bond motifs is 1. The summed E-state index contributed by atoms with van der Waals surface area (Å²) in [5.74, 6) is -0.310. The number of carbonyl (C=O) groups excluding carboxylic acids is 1. The number of rotatable bonds is 3. The standard InChI is InChI=1S/C17H13NO2S2/c1-20-17(19)15-10-12-9-13(7-8-14(12)22-15)18-16(21)11-5-3-2-4-6-11/h2-10H,1H3,(H,18,21). The van der Waals surface area contributed by atoms with Crippen molar-refractivity contribution in [1.82, 2.24) is 0 Å². The van der Waals surface area contributed by atoms with Crippen LogP contribution in [0.4, 0.5) is 5.69 Å². The van der Waals surface area contributed by atoms with Crippen molar-refractivity contribution in [2.24, 2.45) is 0 Å². The Kier molecular flexibility index (Phi) is 4.18. The lowest BCUT2D eigenvalue weighted by molar-refractivity contribution is 0.0606. The molecule has 1 aromatic heterocycles. The average Bonchev–Trinajstić information content (AvgIpc) is 2.98. The molecule has 0 aliphatic carbocycles. The summed E-state index contributed by atoms with van der Waals surface area (Å²) >= 11 is 6.83. The minimum Gasteiger partial charge on any atom is -0.465 e. The minimum atomic E-state index is -0.310. The van der Waals surface area contributed by atoms with Gasteiger partial charge in [-0.2, -0.15) is 0 Å². The predicted molar refractivity (Wildman–Crippen MR) is 94.9 cm³/mol. The van der Waals surface area contributed by atoms with Crippen LogP contribution in [-0.4, -0.2) is 18.1 Å². The molecule has 0 spiro atoms. The highest BCUT2D eigenvalue weighted by molar-refractivity contribution is 7.81. The van der Waals surface area contributed by atoms with E-state index in [1.807, 2.05) is 54.6 Å². The topological polar surface area (TPSA) is 38.3 Å². The Balaban J connectivity index is 1.86. The number of anilines is 1. The van der Waals surface area contributed by atoms with E-state index in [1.165, 1.54) is 18.4 Å². The van der Waals surface area contributed by atoms with Gasteiger partial charge in [0, 0.05) is 16.0 Å². The fourth-order valence-electron chi connectivity index (χ4n) is 2.12. The summed E-state index contributed by atoms with van der Waals surface area (Å²) in [5, 5.41) is 4.21. The molecule has 22 heavy (non-hydrogen) atoms. The highest BCUT2D eigenvalue weighted by Crippen LogP contribution is 2.28. The number of ether oxygens (including phenoxy) is 1. The lowest BCUT2D eigenvalue weighted by atomic mass is 10.2. The van der Waals surface area contributed by atoms with Crippen LogP contribution in [0.2, 0.25) is 0 Å². The van der Waals surface area contributed by atoms with E-state index >= 15 is 0 Å². The Labute approximate surface area is 137 Å². The van der Waals surface area contributed by atoms with E-state index < -0.39 is 0 Å². The van der Waals surface area contributed by atoms with Crippen LogP contribution >= 0.6 is 23.6 Å². The Hall–Kier alpha value is -2.24. The number of esters is 1. The van der Waals surface area contributed by atoms with Gasteiger partial charge in [0.05, 0.1) is 7.11 Å². The van der Waals surface area contributed by atoms with Crippen LogP contribution in [0.3, 0.4) is 0 Å². The van der Waals surface area contributed by atoms with E-state index in [0.717, 1.165) is 21.3 Å². The second kappa shape index (κ2) is 6.25. The van der Waals surface area contributed by atoms with Gasteiger partial charge in [0.2, 0.25) is 0 Å². The van der Waals surface area contributed by atoms with Crippen molar-refractivity contribution >= 4 is 50.3 Å². The fraction of sp³-hybridized carbons (Fsp3) is 0.0588. The molecule has 0 fully saturated rings. The van der Waals surface area contributed by atoms with Crippen LogP contribution in [-0.2, 0) is 4.74 Å². The monoisotopic (exact) mass is 327 g/mol. The lowest BCUT2D eigenvalue weighted by Gasteiger charge is -2.08. The van der Waals surface area contributed by atoms with Gasteiger partial charge < -0.3 is 10.1 Å². The molecule has 110 valence electrons. The van der Waals surface area contributed by atoms with Crippen LogP contribution in [0.25, 0.3) is 10.1 Å². The lowest BCUT2D eigenvalue weighted by Crippen LogP contribution is -2.09. The smallest absolute Gasteiger partial charge is 0.348 e. The molecule has 0 amide bonds. The number of carbonyl (C=O) groups is 1. The second-order valence-electron chi connectivity index (χ2n) is 4.67. The first-order valence-electron chi connectivity index (χ1n) is 6.65. The fourth-order valence-corrected chi connectivity index (χ4v) is 3.33. The summed E-state index contributed by atoms with van der Waals surface area (Å²) in [5.41, 5.74) is 1.87. The van der Waals surface area contributed by atoms with Gasteiger partial charge in [0.1, 0.15) is 9.87 Å². The van der Waals surface area contributed by atoms with Crippen molar-refractivity contribution in [2.75, 3.05) is 12.4 Å². The van der Waals surface area contributed by atoms with E-state index in [-0.39, 0.29) is 5.97 Å². The normalized spacial score (nSPS) is 10.4. The van der Waals surface area contributed by atoms with Crippen LogP contribution in [0.15, 0.2) is 54.6 Å². The van der Waals surface area contributed by atoms with Gasteiger partial charge in [-0.1, -0.05) is 42.5 Å². The molecule has 1 heterocycles. The van der Waals surface area contributed by atoms with Crippen molar-refractivity contribution in [3.05, 3.63) is 65.0 Å². The average molecular weight is 327 g/mol. The summed E-state index contributed by atoms with van der Waals surface area (Å²) in [6, 6.07) is 17.5. The molecule has 0 aliphatic heterocycles. The molecule has 0 atom stereocenters. The molecule has 2 aromatic carbocycles.